The van der Waals surface area contributed by atoms with E-state index in [2.05, 4.69) is 13.8 Å². The Morgan fingerprint density at radius 1 is 0.947 bits per heavy atom. The Balaban J connectivity index is 2.33. The van der Waals surface area contributed by atoms with Gasteiger partial charge in [0.15, 0.2) is 0 Å². The van der Waals surface area contributed by atoms with Crippen LogP contribution in [-0.2, 0) is 0 Å². The lowest BCUT2D eigenvalue weighted by atomic mass is 9.95. The van der Waals surface area contributed by atoms with Crippen molar-refractivity contribution >= 4 is 0 Å². The standard InChI is InChI=1S/C17H19FO/c1-11(2)13-5-7-14(8-6-13)17(19)16-10-15(18)9-4-12(16)3/h4-11,17,19H,1-3H3. The van der Waals surface area contributed by atoms with E-state index in [1.54, 1.807) is 6.07 Å². The molecular formula is C17H19FO. The molecule has 2 aromatic carbocycles. The second kappa shape index (κ2) is 5.54. The Hall–Kier alpha value is -1.67. The average Bonchev–Trinajstić information content (AvgIpc) is 2.41. The largest absolute Gasteiger partial charge is 0.384 e. The van der Waals surface area contributed by atoms with Gasteiger partial charge in [-0.25, -0.2) is 4.39 Å². The monoisotopic (exact) mass is 258 g/mol. The molecule has 0 amide bonds. The van der Waals surface area contributed by atoms with Gasteiger partial charge in [0.25, 0.3) is 0 Å². The highest BCUT2D eigenvalue weighted by Crippen LogP contribution is 2.26. The molecule has 2 heteroatoms. The van der Waals surface area contributed by atoms with Gasteiger partial charge >= 0.3 is 0 Å². The molecule has 100 valence electrons. The molecule has 1 atom stereocenters. The lowest BCUT2D eigenvalue weighted by Crippen LogP contribution is -2.03. The molecule has 19 heavy (non-hydrogen) atoms. The van der Waals surface area contributed by atoms with Crippen molar-refractivity contribution in [3.63, 3.8) is 0 Å². The van der Waals surface area contributed by atoms with Crippen molar-refractivity contribution in [1.29, 1.82) is 0 Å². The summed E-state index contributed by atoms with van der Waals surface area (Å²) >= 11 is 0. The first-order chi connectivity index (χ1) is 8.99. The smallest absolute Gasteiger partial charge is 0.123 e. The zero-order chi connectivity index (χ0) is 14.0. The second-order valence-electron chi connectivity index (χ2n) is 5.22. The first kappa shape index (κ1) is 13.8. The van der Waals surface area contributed by atoms with Gasteiger partial charge in [-0.2, -0.15) is 0 Å². The van der Waals surface area contributed by atoms with Gasteiger partial charge in [-0.3, -0.25) is 0 Å². The van der Waals surface area contributed by atoms with Crippen molar-refractivity contribution in [3.05, 3.63) is 70.5 Å². The second-order valence-corrected chi connectivity index (χ2v) is 5.22. The van der Waals surface area contributed by atoms with Gasteiger partial charge in [0.05, 0.1) is 0 Å². The fraction of sp³-hybridized carbons (Fsp3) is 0.294. The van der Waals surface area contributed by atoms with Gasteiger partial charge < -0.3 is 5.11 Å². The van der Waals surface area contributed by atoms with Crippen molar-refractivity contribution in [2.45, 2.75) is 32.8 Å². The van der Waals surface area contributed by atoms with E-state index >= 15 is 0 Å². The lowest BCUT2D eigenvalue weighted by molar-refractivity contribution is 0.219. The minimum atomic E-state index is -0.781. The van der Waals surface area contributed by atoms with E-state index in [0.29, 0.717) is 11.5 Å². The zero-order valence-corrected chi connectivity index (χ0v) is 11.5. The molecule has 1 nitrogen and oxygen atoms in total. The minimum Gasteiger partial charge on any atom is -0.384 e. The summed E-state index contributed by atoms with van der Waals surface area (Å²) < 4.78 is 13.3. The summed E-state index contributed by atoms with van der Waals surface area (Å²) in [6, 6.07) is 12.3. The molecule has 1 unspecified atom stereocenters. The molecule has 0 aliphatic rings. The number of aliphatic hydroxyl groups is 1. The molecule has 0 aliphatic carbocycles. The van der Waals surface area contributed by atoms with Gasteiger partial charge in [0, 0.05) is 0 Å². The predicted molar refractivity (Wildman–Crippen MR) is 75.7 cm³/mol. The lowest BCUT2D eigenvalue weighted by Gasteiger charge is -2.15. The Bertz CT molecular complexity index is 558. The van der Waals surface area contributed by atoms with E-state index in [0.717, 1.165) is 11.1 Å². The van der Waals surface area contributed by atoms with Crippen molar-refractivity contribution in [2.24, 2.45) is 0 Å². The molecule has 0 bridgehead atoms. The first-order valence-electron chi connectivity index (χ1n) is 6.53. The van der Waals surface area contributed by atoms with Crippen molar-refractivity contribution in [3.8, 4) is 0 Å². The van der Waals surface area contributed by atoms with Crippen molar-refractivity contribution < 1.29 is 9.50 Å². The summed E-state index contributed by atoms with van der Waals surface area (Å²) in [5.41, 5.74) is 3.53. The van der Waals surface area contributed by atoms with Crippen LogP contribution in [0.25, 0.3) is 0 Å². The number of benzene rings is 2. The maximum atomic E-state index is 13.3. The molecule has 2 rings (SSSR count). The van der Waals surface area contributed by atoms with Crippen LogP contribution in [0.1, 0.15) is 48.1 Å². The van der Waals surface area contributed by atoms with Crippen LogP contribution in [0.15, 0.2) is 42.5 Å². The highest BCUT2D eigenvalue weighted by atomic mass is 19.1. The van der Waals surface area contributed by atoms with Crippen LogP contribution in [0.4, 0.5) is 4.39 Å². The highest BCUT2D eigenvalue weighted by molar-refractivity contribution is 5.36. The summed E-state index contributed by atoms with van der Waals surface area (Å²) in [6.45, 7) is 6.13. The highest BCUT2D eigenvalue weighted by Gasteiger charge is 2.14. The SMILES string of the molecule is Cc1ccc(F)cc1C(O)c1ccc(C(C)C)cc1. The summed E-state index contributed by atoms with van der Waals surface area (Å²) in [5, 5.41) is 10.4. The molecule has 0 spiro atoms. The molecule has 0 aromatic heterocycles. The van der Waals surface area contributed by atoms with E-state index in [9.17, 15) is 9.50 Å². The number of hydrogen-bond donors (Lipinski definition) is 1. The predicted octanol–water partition coefficient (Wildman–Crippen LogP) is 4.34. The Labute approximate surface area is 113 Å². The molecule has 1 N–H and O–H groups in total. The Morgan fingerprint density at radius 2 is 1.53 bits per heavy atom. The van der Waals surface area contributed by atoms with Gasteiger partial charge in [-0.15, -0.1) is 0 Å². The summed E-state index contributed by atoms with van der Waals surface area (Å²) in [4.78, 5) is 0. The maximum absolute atomic E-state index is 13.3. The van der Waals surface area contributed by atoms with Crippen molar-refractivity contribution in [2.75, 3.05) is 0 Å². The Morgan fingerprint density at radius 3 is 2.11 bits per heavy atom. The molecule has 2 aromatic rings. The topological polar surface area (TPSA) is 20.2 Å². The van der Waals surface area contributed by atoms with Crippen LogP contribution in [0.2, 0.25) is 0 Å². The quantitative estimate of drug-likeness (QED) is 0.868. The van der Waals surface area contributed by atoms with Crippen LogP contribution >= 0.6 is 0 Å². The summed E-state index contributed by atoms with van der Waals surface area (Å²) in [7, 11) is 0. The van der Waals surface area contributed by atoms with Crippen LogP contribution < -0.4 is 0 Å². The first-order valence-corrected chi connectivity index (χ1v) is 6.53. The number of aryl methyl sites for hydroxylation is 1. The fourth-order valence-corrected chi connectivity index (χ4v) is 2.15. The maximum Gasteiger partial charge on any atom is 0.123 e. The minimum absolute atomic E-state index is 0.321. The molecule has 0 radical (unpaired) electrons. The van der Waals surface area contributed by atoms with Crippen LogP contribution in [0.5, 0.6) is 0 Å². The number of aliphatic hydroxyl groups excluding tert-OH is 1. The third-order valence-corrected chi connectivity index (χ3v) is 3.45. The van der Waals surface area contributed by atoms with Gasteiger partial charge in [-0.05, 0) is 47.2 Å². The molecule has 0 heterocycles. The molecule has 0 saturated carbocycles. The zero-order valence-electron chi connectivity index (χ0n) is 11.5. The third kappa shape index (κ3) is 3.02. The number of halogens is 1. The van der Waals surface area contributed by atoms with E-state index in [1.807, 2.05) is 31.2 Å². The number of hydrogen-bond acceptors (Lipinski definition) is 1. The van der Waals surface area contributed by atoms with E-state index in [1.165, 1.54) is 17.7 Å². The summed E-state index contributed by atoms with van der Waals surface area (Å²) in [6.07, 6.45) is -0.781. The van der Waals surface area contributed by atoms with E-state index in [-0.39, 0.29) is 5.82 Å². The van der Waals surface area contributed by atoms with E-state index < -0.39 is 6.10 Å². The average molecular weight is 258 g/mol. The van der Waals surface area contributed by atoms with Crippen LogP contribution in [0, 0.1) is 12.7 Å². The summed E-state index contributed by atoms with van der Waals surface area (Å²) in [5.74, 6) is 0.139. The number of rotatable bonds is 3. The Kier molecular flexibility index (Phi) is 4.01. The molecule has 0 fully saturated rings. The van der Waals surface area contributed by atoms with Gasteiger partial charge in [0.2, 0.25) is 0 Å². The van der Waals surface area contributed by atoms with Crippen molar-refractivity contribution in [1.82, 2.24) is 0 Å². The normalized spacial score (nSPS) is 12.7. The molecular weight excluding hydrogens is 239 g/mol. The molecule has 0 saturated heterocycles. The van der Waals surface area contributed by atoms with Gasteiger partial charge in [0.1, 0.15) is 11.9 Å². The van der Waals surface area contributed by atoms with Crippen LogP contribution in [0.3, 0.4) is 0 Å². The third-order valence-electron chi connectivity index (χ3n) is 3.45. The van der Waals surface area contributed by atoms with Gasteiger partial charge in [-0.1, -0.05) is 44.2 Å². The fourth-order valence-electron chi connectivity index (χ4n) is 2.15. The van der Waals surface area contributed by atoms with E-state index in [4.69, 9.17) is 0 Å². The molecule has 0 aliphatic heterocycles. The van der Waals surface area contributed by atoms with Crippen LogP contribution in [-0.4, -0.2) is 5.11 Å².